The Morgan fingerprint density at radius 2 is 1.90 bits per heavy atom. The largest absolute Gasteiger partial charge is 0.378 e. The molecule has 0 aromatic heterocycles. The van der Waals surface area contributed by atoms with E-state index in [1.54, 1.807) is 0 Å². The highest BCUT2D eigenvalue weighted by atomic mass is 16.1. The van der Waals surface area contributed by atoms with E-state index < -0.39 is 0 Å². The van der Waals surface area contributed by atoms with Gasteiger partial charge in [-0.2, -0.15) is 0 Å². The maximum atomic E-state index is 11.9. The van der Waals surface area contributed by atoms with E-state index in [1.165, 1.54) is 12.8 Å². The molecule has 4 nitrogen and oxygen atoms in total. The van der Waals surface area contributed by atoms with Crippen molar-refractivity contribution in [3.8, 4) is 0 Å². The van der Waals surface area contributed by atoms with Crippen molar-refractivity contribution >= 4 is 17.3 Å². The van der Waals surface area contributed by atoms with Gasteiger partial charge in [-0.25, -0.2) is 0 Å². The molecule has 0 radical (unpaired) electrons. The molecule has 0 aliphatic carbocycles. The molecular weight excluding hydrogens is 250 g/mol. The lowest BCUT2D eigenvalue weighted by atomic mass is 9.93. The summed E-state index contributed by atoms with van der Waals surface area (Å²) in [4.78, 5) is 14.0. The molecule has 1 aromatic rings. The number of nitrogens with zero attached hydrogens (tertiary/aromatic N) is 1. The second-order valence-electron chi connectivity index (χ2n) is 5.72. The molecule has 1 aliphatic heterocycles. The van der Waals surface area contributed by atoms with E-state index in [9.17, 15) is 4.79 Å². The minimum Gasteiger partial charge on any atom is -0.378 e. The van der Waals surface area contributed by atoms with E-state index in [4.69, 9.17) is 0 Å². The predicted octanol–water partition coefficient (Wildman–Crippen LogP) is 2.47. The molecule has 1 heterocycles. The van der Waals surface area contributed by atoms with Gasteiger partial charge in [0.1, 0.15) is 0 Å². The van der Waals surface area contributed by atoms with Crippen LogP contribution in [-0.4, -0.2) is 33.1 Å². The summed E-state index contributed by atoms with van der Waals surface area (Å²) in [7, 11) is 4.01. The van der Waals surface area contributed by atoms with Gasteiger partial charge >= 0.3 is 0 Å². The summed E-state index contributed by atoms with van der Waals surface area (Å²) in [6.45, 7) is 2.19. The van der Waals surface area contributed by atoms with Crippen LogP contribution < -0.4 is 15.5 Å². The summed E-state index contributed by atoms with van der Waals surface area (Å²) in [6, 6.07) is 7.94. The molecule has 1 fully saturated rings. The fourth-order valence-corrected chi connectivity index (χ4v) is 2.57. The van der Waals surface area contributed by atoms with Crippen LogP contribution >= 0.6 is 0 Å². The van der Waals surface area contributed by atoms with Gasteiger partial charge in [-0.05, 0) is 62.5 Å². The van der Waals surface area contributed by atoms with Crippen LogP contribution in [0.3, 0.4) is 0 Å². The molecule has 1 saturated heterocycles. The van der Waals surface area contributed by atoms with E-state index in [0.717, 1.165) is 30.9 Å². The zero-order chi connectivity index (χ0) is 14.4. The van der Waals surface area contributed by atoms with Crippen molar-refractivity contribution < 1.29 is 4.79 Å². The molecule has 20 heavy (non-hydrogen) atoms. The number of rotatable bonds is 5. The number of carbonyl (C=O) groups excluding carboxylic acids is 1. The third kappa shape index (κ3) is 4.53. The molecule has 2 N–H and O–H groups in total. The fourth-order valence-electron chi connectivity index (χ4n) is 2.57. The monoisotopic (exact) mass is 275 g/mol. The third-order valence-electron chi connectivity index (χ3n) is 3.91. The van der Waals surface area contributed by atoms with E-state index >= 15 is 0 Å². The van der Waals surface area contributed by atoms with Gasteiger partial charge in [-0.1, -0.05) is 0 Å². The van der Waals surface area contributed by atoms with Crippen LogP contribution in [0.1, 0.15) is 25.7 Å². The standard InChI is InChI=1S/C16H25N3O/c1-19(2)15-6-4-14(5-7-15)18-16(20)8-3-13-9-11-17-12-10-13/h4-7,13,17H,3,8-12H2,1-2H3,(H,18,20). The molecular formula is C16H25N3O. The first-order valence-corrected chi connectivity index (χ1v) is 7.43. The first-order chi connectivity index (χ1) is 9.65. The number of benzene rings is 1. The molecule has 4 heteroatoms. The Labute approximate surface area is 121 Å². The second-order valence-corrected chi connectivity index (χ2v) is 5.72. The maximum absolute atomic E-state index is 11.9. The lowest BCUT2D eigenvalue weighted by Crippen LogP contribution is -2.28. The van der Waals surface area contributed by atoms with Gasteiger partial charge < -0.3 is 15.5 Å². The molecule has 1 aliphatic rings. The first kappa shape index (κ1) is 14.9. The van der Waals surface area contributed by atoms with Gasteiger partial charge in [0.2, 0.25) is 5.91 Å². The summed E-state index contributed by atoms with van der Waals surface area (Å²) < 4.78 is 0. The van der Waals surface area contributed by atoms with Crippen LogP contribution in [0.2, 0.25) is 0 Å². The van der Waals surface area contributed by atoms with Crippen LogP contribution in [0.25, 0.3) is 0 Å². The lowest BCUT2D eigenvalue weighted by Gasteiger charge is -2.22. The van der Waals surface area contributed by atoms with Crippen LogP contribution in [0.15, 0.2) is 24.3 Å². The molecule has 0 unspecified atom stereocenters. The highest BCUT2D eigenvalue weighted by molar-refractivity contribution is 5.90. The lowest BCUT2D eigenvalue weighted by molar-refractivity contribution is -0.116. The van der Waals surface area contributed by atoms with Crippen LogP contribution in [0.4, 0.5) is 11.4 Å². The number of hydrogen-bond donors (Lipinski definition) is 2. The summed E-state index contributed by atoms with van der Waals surface area (Å²) >= 11 is 0. The number of anilines is 2. The smallest absolute Gasteiger partial charge is 0.224 e. The Morgan fingerprint density at radius 1 is 1.25 bits per heavy atom. The number of amides is 1. The van der Waals surface area contributed by atoms with E-state index in [1.807, 2.05) is 43.3 Å². The Balaban J connectivity index is 1.75. The van der Waals surface area contributed by atoms with E-state index in [2.05, 4.69) is 10.6 Å². The number of nitrogens with one attached hydrogen (secondary N) is 2. The van der Waals surface area contributed by atoms with Gasteiger partial charge in [0.25, 0.3) is 0 Å². The average Bonchev–Trinajstić information content (AvgIpc) is 2.47. The topological polar surface area (TPSA) is 44.4 Å². The van der Waals surface area contributed by atoms with Gasteiger partial charge in [0.05, 0.1) is 0 Å². The van der Waals surface area contributed by atoms with Crippen molar-refractivity contribution in [3.05, 3.63) is 24.3 Å². The normalized spacial score (nSPS) is 15.9. The molecule has 0 spiro atoms. The second kappa shape index (κ2) is 7.29. The van der Waals surface area contributed by atoms with Gasteiger partial charge in [-0.15, -0.1) is 0 Å². The molecule has 0 bridgehead atoms. The summed E-state index contributed by atoms with van der Waals surface area (Å²) in [6.07, 6.45) is 4.03. The Morgan fingerprint density at radius 3 is 2.50 bits per heavy atom. The van der Waals surface area contributed by atoms with Gasteiger partial charge in [0, 0.05) is 31.9 Å². The molecule has 0 saturated carbocycles. The molecule has 2 rings (SSSR count). The number of carbonyl (C=O) groups is 1. The van der Waals surface area contributed by atoms with Gasteiger partial charge in [0.15, 0.2) is 0 Å². The summed E-state index contributed by atoms with van der Waals surface area (Å²) in [5, 5.41) is 6.33. The maximum Gasteiger partial charge on any atom is 0.224 e. The third-order valence-corrected chi connectivity index (χ3v) is 3.91. The minimum absolute atomic E-state index is 0.126. The average molecular weight is 275 g/mol. The van der Waals surface area contributed by atoms with Crippen molar-refractivity contribution in [1.82, 2.24) is 5.32 Å². The van der Waals surface area contributed by atoms with Crippen molar-refractivity contribution in [2.75, 3.05) is 37.4 Å². The predicted molar refractivity (Wildman–Crippen MR) is 84.2 cm³/mol. The zero-order valence-corrected chi connectivity index (χ0v) is 12.5. The number of piperidine rings is 1. The van der Waals surface area contributed by atoms with Crippen LogP contribution in [0.5, 0.6) is 0 Å². The van der Waals surface area contributed by atoms with Crippen molar-refractivity contribution in [3.63, 3.8) is 0 Å². The number of hydrogen-bond acceptors (Lipinski definition) is 3. The minimum atomic E-state index is 0.126. The summed E-state index contributed by atoms with van der Waals surface area (Å²) in [5.74, 6) is 0.833. The van der Waals surface area contributed by atoms with Crippen LogP contribution in [0, 0.1) is 5.92 Å². The van der Waals surface area contributed by atoms with Crippen molar-refractivity contribution in [2.24, 2.45) is 5.92 Å². The highest BCUT2D eigenvalue weighted by Crippen LogP contribution is 2.19. The summed E-state index contributed by atoms with van der Waals surface area (Å²) in [5.41, 5.74) is 2.02. The Kier molecular flexibility index (Phi) is 5.41. The Hall–Kier alpha value is -1.55. The quantitative estimate of drug-likeness (QED) is 0.867. The zero-order valence-electron chi connectivity index (χ0n) is 12.5. The molecule has 1 amide bonds. The van der Waals surface area contributed by atoms with E-state index in [0.29, 0.717) is 12.3 Å². The van der Waals surface area contributed by atoms with Crippen molar-refractivity contribution in [1.29, 1.82) is 0 Å². The van der Waals surface area contributed by atoms with Crippen molar-refractivity contribution in [2.45, 2.75) is 25.7 Å². The van der Waals surface area contributed by atoms with E-state index in [-0.39, 0.29) is 5.91 Å². The SMILES string of the molecule is CN(C)c1ccc(NC(=O)CCC2CCNCC2)cc1. The van der Waals surface area contributed by atoms with Gasteiger partial charge in [-0.3, -0.25) is 4.79 Å². The molecule has 1 aromatic carbocycles. The Bertz CT molecular complexity index is 422. The highest BCUT2D eigenvalue weighted by Gasteiger charge is 2.14. The molecule has 0 atom stereocenters. The van der Waals surface area contributed by atoms with Crippen LogP contribution in [-0.2, 0) is 4.79 Å². The molecule has 110 valence electrons. The fraction of sp³-hybridized carbons (Fsp3) is 0.562. The first-order valence-electron chi connectivity index (χ1n) is 7.43.